The normalized spacial score (nSPS) is 10.3. The van der Waals surface area contributed by atoms with Gasteiger partial charge in [0.1, 0.15) is 0 Å². The highest BCUT2D eigenvalue weighted by atomic mass is 32.2. The van der Waals surface area contributed by atoms with Gasteiger partial charge in [0.25, 0.3) is 0 Å². The van der Waals surface area contributed by atoms with Gasteiger partial charge in [0.2, 0.25) is 0 Å². The number of hydrogen-bond donors (Lipinski definition) is 1. The first-order valence-corrected chi connectivity index (χ1v) is 7.07. The molecule has 0 heterocycles. The van der Waals surface area contributed by atoms with Crippen molar-refractivity contribution in [2.45, 2.75) is 34.1 Å². The molecule has 0 saturated heterocycles. The van der Waals surface area contributed by atoms with Crippen LogP contribution in [-0.4, -0.2) is 14.7 Å². The van der Waals surface area contributed by atoms with Gasteiger partial charge in [-0.3, -0.25) is 0 Å². The van der Waals surface area contributed by atoms with E-state index in [-0.39, 0.29) is 0 Å². The molecule has 0 spiro atoms. The first-order chi connectivity index (χ1) is 6.52. The summed E-state index contributed by atoms with van der Waals surface area (Å²) in [6.45, 7) is 11.4. The lowest BCUT2D eigenvalue weighted by Crippen LogP contribution is -1.98. The summed E-state index contributed by atoms with van der Waals surface area (Å²) in [5, 5.41) is 1.29. The van der Waals surface area contributed by atoms with Crippen molar-refractivity contribution in [1.29, 1.82) is 0 Å². The van der Waals surface area contributed by atoms with Gasteiger partial charge < -0.3 is 0 Å². The molecule has 0 radical (unpaired) electrons. The molecule has 0 unspecified atom stereocenters. The van der Waals surface area contributed by atoms with Gasteiger partial charge in [-0.05, 0) is 5.41 Å². The Hall–Kier alpha value is -0.220. The molecule has 0 aliphatic rings. The van der Waals surface area contributed by atoms with E-state index in [0.29, 0.717) is 11.3 Å². The first kappa shape index (κ1) is 19.4. The molecule has 2 nitrogen and oxygen atoms in total. The van der Waals surface area contributed by atoms with Crippen LogP contribution in [-0.2, 0) is 9.84 Å². The Bertz CT molecular complexity index is 239. The van der Waals surface area contributed by atoms with Gasteiger partial charge in [-0.15, -0.1) is 6.58 Å². The molecule has 86 valence electrons. The topological polar surface area (TPSA) is 34.1 Å². The fourth-order valence-corrected chi connectivity index (χ4v) is 1.73. The van der Waals surface area contributed by atoms with E-state index in [1.54, 1.807) is 0 Å². The van der Waals surface area contributed by atoms with Crippen LogP contribution in [0.4, 0.5) is 0 Å². The largest absolute Gasteiger partial charge is 0.224 e. The van der Waals surface area contributed by atoms with Gasteiger partial charge in [0.05, 0.1) is 4.91 Å². The zero-order chi connectivity index (χ0) is 12.2. The molecule has 0 bridgehead atoms. The van der Waals surface area contributed by atoms with Crippen LogP contribution in [0.2, 0.25) is 0 Å². The Morgan fingerprint density at radius 2 is 1.64 bits per heavy atom. The molecule has 0 aliphatic heterocycles. The Kier molecular flexibility index (Phi) is 17.7. The first-order valence-electron chi connectivity index (χ1n) is 4.66. The van der Waals surface area contributed by atoms with Gasteiger partial charge in [0, 0.05) is 12.7 Å². The number of thiol groups is 1. The summed E-state index contributed by atoms with van der Waals surface area (Å²) in [5.74, 6) is 0. The van der Waals surface area contributed by atoms with Crippen molar-refractivity contribution in [1.82, 2.24) is 0 Å². The summed E-state index contributed by atoms with van der Waals surface area (Å²) in [6, 6.07) is 0. The third-order valence-electron chi connectivity index (χ3n) is 0.966. The SMILES string of the molecule is C=CC/C(=C\S)S(C)(=O)=O.CC.CC. The molecule has 14 heavy (non-hydrogen) atoms. The predicted octanol–water partition coefficient (Wildman–Crippen LogP) is 3.43. The van der Waals surface area contributed by atoms with Gasteiger partial charge in [-0.25, -0.2) is 8.42 Å². The quantitative estimate of drug-likeness (QED) is 0.604. The minimum Gasteiger partial charge on any atom is -0.224 e. The molecule has 0 amide bonds. The summed E-state index contributed by atoms with van der Waals surface area (Å²) in [7, 11) is -3.06. The fourth-order valence-electron chi connectivity index (χ4n) is 0.442. The monoisotopic (exact) mass is 238 g/mol. The summed E-state index contributed by atoms with van der Waals surface area (Å²) in [4.78, 5) is 0.297. The maximum Gasteiger partial charge on any atom is 0.172 e. The lowest BCUT2D eigenvalue weighted by atomic mass is 10.4. The van der Waals surface area contributed by atoms with E-state index >= 15 is 0 Å². The second kappa shape index (κ2) is 12.8. The van der Waals surface area contributed by atoms with Crippen LogP contribution in [0.25, 0.3) is 0 Å². The van der Waals surface area contributed by atoms with Crippen LogP contribution in [0.15, 0.2) is 23.0 Å². The molecule has 0 aromatic rings. The summed E-state index contributed by atoms with van der Waals surface area (Å²) < 4.78 is 21.6. The zero-order valence-electron chi connectivity index (χ0n) is 9.74. The molecule has 0 rings (SSSR count). The van der Waals surface area contributed by atoms with E-state index < -0.39 is 9.84 Å². The molecular weight excluding hydrogens is 216 g/mol. The van der Waals surface area contributed by atoms with Crippen LogP contribution < -0.4 is 0 Å². The standard InChI is InChI=1S/C6H10O2S2.2C2H6/c1-3-4-6(5-9)10(2,7)8;2*1-2/h3,5,9H,1,4H2,2H3;2*1-2H3/b6-5+;;. The smallest absolute Gasteiger partial charge is 0.172 e. The van der Waals surface area contributed by atoms with Crippen molar-refractivity contribution in [2.75, 3.05) is 6.26 Å². The Balaban J connectivity index is -0.000000266. The zero-order valence-corrected chi connectivity index (χ0v) is 11.5. The molecule has 0 aliphatic carbocycles. The van der Waals surface area contributed by atoms with E-state index in [9.17, 15) is 8.42 Å². The van der Waals surface area contributed by atoms with Gasteiger partial charge in [0.15, 0.2) is 9.84 Å². The van der Waals surface area contributed by atoms with Crippen molar-refractivity contribution in [3.63, 3.8) is 0 Å². The highest BCUT2D eigenvalue weighted by Crippen LogP contribution is 2.10. The Morgan fingerprint density at radius 1 is 1.29 bits per heavy atom. The van der Waals surface area contributed by atoms with Crippen LogP contribution in [0, 0.1) is 0 Å². The average Bonchev–Trinajstić information content (AvgIpc) is 2.18. The van der Waals surface area contributed by atoms with Gasteiger partial charge in [-0.1, -0.05) is 33.8 Å². The second-order valence-electron chi connectivity index (χ2n) is 1.86. The predicted molar refractivity (Wildman–Crippen MR) is 69.4 cm³/mol. The van der Waals surface area contributed by atoms with Crippen LogP contribution in [0.1, 0.15) is 34.1 Å². The fraction of sp³-hybridized carbons (Fsp3) is 0.600. The third kappa shape index (κ3) is 11.8. The lowest BCUT2D eigenvalue weighted by Gasteiger charge is -1.97. The van der Waals surface area contributed by atoms with Gasteiger partial charge >= 0.3 is 0 Å². The summed E-state index contributed by atoms with van der Waals surface area (Å²) >= 11 is 3.75. The molecule has 4 heteroatoms. The van der Waals surface area contributed by atoms with Crippen molar-refractivity contribution >= 4 is 22.5 Å². The number of allylic oxidation sites excluding steroid dienone is 2. The average molecular weight is 238 g/mol. The van der Waals surface area contributed by atoms with E-state index in [4.69, 9.17) is 0 Å². The highest BCUT2D eigenvalue weighted by molar-refractivity contribution is 7.95. The Morgan fingerprint density at radius 3 is 1.71 bits per heavy atom. The van der Waals surface area contributed by atoms with E-state index in [2.05, 4.69) is 19.2 Å². The van der Waals surface area contributed by atoms with Gasteiger partial charge in [-0.2, -0.15) is 12.6 Å². The lowest BCUT2D eigenvalue weighted by molar-refractivity contribution is 0.607. The molecular formula is C10H22O2S2. The molecule has 0 atom stereocenters. The minimum absolute atomic E-state index is 0.297. The van der Waals surface area contributed by atoms with Crippen molar-refractivity contribution in [2.24, 2.45) is 0 Å². The molecule has 0 fully saturated rings. The number of rotatable bonds is 3. The van der Waals surface area contributed by atoms with Crippen molar-refractivity contribution in [3.05, 3.63) is 23.0 Å². The van der Waals surface area contributed by atoms with Crippen molar-refractivity contribution < 1.29 is 8.42 Å². The molecule has 0 aromatic heterocycles. The summed E-state index contributed by atoms with van der Waals surface area (Å²) in [5.41, 5.74) is 0. The number of sulfone groups is 1. The Labute approximate surface area is 94.4 Å². The molecule has 0 saturated carbocycles. The van der Waals surface area contributed by atoms with E-state index in [1.807, 2.05) is 27.7 Å². The second-order valence-corrected chi connectivity index (χ2v) is 4.19. The van der Waals surface area contributed by atoms with Crippen LogP contribution in [0.5, 0.6) is 0 Å². The highest BCUT2D eigenvalue weighted by Gasteiger charge is 2.06. The van der Waals surface area contributed by atoms with Crippen molar-refractivity contribution in [3.8, 4) is 0 Å². The number of hydrogen-bond acceptors (Lipinski definition) is 3. The maximum absolute atomic E-state index is 10.8. The maximum atomic E-state index is 10.8. The molecule has 0 N–H and O–H groups in total. The summed E-state index contributed by atoms with van der Waals surface area (Å²) in [6.07, 6.45) is 3.03. The minimum atomic E-state index is -3.06. The van der Waals surface area contributed by atoms with Crippen LogP contribution >= 0.6 is 12.6 Å². The van der Waals surface area contributed by atoms with E-state index in [0.717, 1.165) is 6.26 Å². The van der Waals surface area contributed by atoms with Crippen LogP contribution in [0.3, 0.4) is 0 Å². The van der Waals surface area contributed by atoms with E-state index in [1.165, 1.54) is 11.5 Å². The third-order valence-corrected chi connectivity index (χ3v) is 2.69. The molecule has 0 aromatic carbocycles.